The van der Waals surface area contributed by atoms with Gasteiger partial charge < -0.3 is 15.4 Å². The summed E-state index contributed by atoms with van der Waals surface area (Å²) in [7, 11) is 0. The van der Waals surface area contributed by atoms with Crippen molar-refractivity contribution >= 4 is 29.0 Å². The Morgan fingerprint density at radius 2 is 2.03 bits per heavy atom. The molecule has 1 heterocycles. The van der Waals surface area contributed by atoms with Crippen molar-refractivity contribution in [2.75, 3.05) is 23.8 Å². The van der Waals surface area contributed by atoms with Crippen LogP contribution in [-0.4, -0.2) is 28.6 Å². The van der Waals surface area contributed by atoms with Crippen LogP contribution in [0.5, 0.6) is 5.75 Å². The Labute approximate surface area is 180 Å². The second-order valence-electron chi connectivity index (χ2n) is 7.62. The molecule has 9 heteroatoms. The molecule has 0 aliphatic heterocycles. The standard InChI is InChI=1S/C21H29ClN4O4/c1-5-6-9-25-19(23)18(20(28)24-21(25)29)26(11-13(2)3)17(27)12-30-16-10-14(4)7-8-15(16)22/h7-8,10,13H,5-6,9,11-12,23H2,1-4H3,(H,24,28,29). The zero-order valence-electron chi connectivity index (χ0n) is 17.8. The average molecular weight is 437 g/mol. The van der Waals surface area contributed by atoms with Crippen LogP contribution in [0.3, 0.4) is 0 Å². The van der Waals surface area contributed by atoms with Crippen LogP contribution in [0.4, 0.5) is 11.5 Å². The summed E-state index contributed by atoms with van der Waals surface area (Å²) < 4.78 is 6.91. The molecule has 0 saturated carbocycles. The third kappa shape index (κ3) is 5.66. The highest BCUT2D eigenvalue weighted by Crippen LogP contribution is 2.26. The van der Waals surface area contributed by atoms with Gasteiger partial charge in [-0.3, -0.25) is 19.1 Å². The van der Waals surface area contributed by atoms with Crippen molar-refractivity contribution in [3.63, 3.8) is 0 Å². The number of aromatic nitrogens is 2. The van der Waals surface area contributed by atoms with Crippen molar-refractivity contribution in [1.29, 1.82) is 0 Å². The number of aromatic amines is 1. The largest absolute Gasteiger partial charge is 0.482 e. The van der Waals surface area contributed by atoms with Crippen molar-refractivity contribution < 1.29 is 9.53 Å². The van der Waals surface area contributed by atoms with Crippen LogP contribution < -0.4 is 26.6 Å². The zero-order chi connectivity index (χ0) is 22.4. The molecule has 0 atom stereocenters. The van der Waals surface area contributed by atoms with E-state index < -0.39 is 17.2 Å². The smallest absolute Gasteiger partial charge is 0.330 e. The van der Waals surface area contributed by atoms with E-state index in [1.807, 2.05) is 33.8 Å². The monoisotopic (exact) mass is 436 g/mol. The fourth-order valence-corrected chi connectivity index (χ4v) is 3.17. The molecule has 3 N–H and O–H groups in total. The molecule has 2 aromatic rings. The number of carbonyl (C=O) groups excluding carboxylic acids is 1. The number of nitrogens with zero attached hydrogens (tertiary/aromatic N) is 2. The lowest BCUT2D eigenvalue weighted by Gasteiger charge is -2.26. The summed E-state index contributed by atoms with van der Waals surface area (Å²) in [6.07, 6.45) is 1.56. The molecule has 8 nitrogen and oxygen atoms in total. The number of unbranched alkanes of at least 4 members (excludes halogenated alkanes) is 1. The van der Waals surface area contributed by atoms with Crippen LogP contribution in [-0.2, 0) is 11.3 Å². The number of halogens is 1. The first kappa shape index (κ1) is 23.5. The molecule has 1 aromatic heterocycles. The Kier molecular flexibility index (Phi) is 8.11. The first-order chi connectivity index (χ1) is 14.1. The molecule has 0 aliphatic rings. The Balaban J connectivity index is 2.39. The number of aryl methyl sites for hydroxylation is 1. The lowest BCUT2D eigenvalue weighted by atomic mass is 10.2. The van der Waals surface area contributed by atoms with Gasteiger partial charge in [0.1, 0.15) is 11.6 Å². The number of anilines is 2. The summed E-state index contributed by atoms with van der Waals surface area (Å²) in [5.41, 5.74) is 5.79. The summed E-state index contributed by atoms with van der Waals surface area (Å²) in [4.78, 5) is 41.4. The van der Waals surface area contributed by atoms with E-state index in [4.69, 9.17) is 22.1 Å². The fraction of sp³-hybridized carbons (Fsp3) is 0.476. The number of benzene rings is 1. The second kappa shape index (κ2) is 10.3. The molecule has 1 aromatic carbocycles. The molecule has 164 valence electrons. The van der Waals surface area contributed by atoms with E-state index in [0.29, 0.717) is 23.7 Å². The van der Waals surface area contributed by atoms with E-state index >= 15 is 0 Å². The van der Waals surface area contributed by atoms with Gasteiger partial charge in [-0.25, -0.2) is 4.79 Å². The summed E-state index contributed by atoms with van der Waals surface area (Å²) >= 11 is 6.13. The van der Waals surface area contributed by atoms with Crippen LogP contribution in [0.1, 0.15) is 39.2 Å². The number of nitrogens with one attached hydrogen (secondary N) is 1. The van der Waals surface area contributed by atoms with Gasteiger partial charge in [0.15, 0.2) is 12.3 Å². The van der Waals surface area contributed by atoms with Gasteiger partial charge in [-0.2, -0.15) is 0 Å². The Morgan fingerprint density at radius 3 is 2.67 bits per heavy atom. The Bertz CT molecular complexity index is 1010. The molecule has 0 bridgehead atoms. The van der Waals surface area contributed by atoms with Gasteiger partial charge in [-0.05, 0) is 37.0 Å². The third-order valence-corrected chi connectivity index (χ3v) is 4.82. The fourth-order valence-electron chi connectivity index (χ4n) is 3.00. The predicted molar refractivity (Wildman–Crippen MR) is 120 cm³/mol. The van der Waals surface area contributed by atoms with E-state index in [1.165, 1.54) is 9.47 Å². The molecular weight excluding hydrogens is 408 g/mol. The minimum atomic E-state index is -0.701. The maximum Gasteiger partial charge on any atom is 0.330 e. The molecule has 0 aliphatic carbocycles. The van der Waals surface area contributed by atoms with Crippen molar-refractivity contribution in [1.82, 2.24) is 9.55 Å². The van der Waals surface area contributed by atoms with E-state index in [1.54, 1.807) is 12.1 Å². The van der Waals surface area contributed by atoms with E-state index in [0.717, 1.165) is 12.0 Å². The number of ether oxygens (including phenoxy) is 1. The molecule has 0 saturated heterocycles. The predicted octanol–water partition coefficient (Wildman–Crippen LogP) is 2.95. The highest BCUT2D eigenvalue weighted by atomic mass is 35.5. The van der Waals surface area contributed by atoms with Gasteiger partial charge in [-0.15, -0.1) is 0 Å². The Hall–Kier alpha value is -2.74. The van der Waals surface area contributed by atoms with Crippen LogP contribution in [0, 0.1) is 12.8 Å². The second-order valence-corrected chi connectivity index (χ2v) is 8.03. The first-order valence-corrected chi connectivity index (χ1v) is 10.3. The molecule has 0 fully saturated rings. The number of amides is 1. The van der Waals surface area contributed by atoms with E-state index in [2.05, 4.69) is 4.98 Å². The maximum absolute atomic E-state index is 13.0. The van der Waals surface area contributed by atoms with Gasteiger partial charge in [0, 0.05) is 13.1 Å². The first-order valence-electron chi connectivity index (χ1n) is 9.97. The van der Waals surface area contributed by atoms with Gasteiger partial charge in [-0.1, -0.05) is 44.9 Å². The van der Waals surface area contributed by atoms with E-state index in [-0.39, 0.29) is 30.6 Å². The third-order valence-electron chi connectivity index (χ3n) is 4.51. The number of carbonyl (C=O) groups is 1. The van der Waals surface area contributed by atoms with Gasteiger partial charge in [0.05, 0.1) is 5.02 Å². The van der Waals surface area contributed by atoms with Crippen molar-refractivity contribution in [3.8, 4) is 5.75 Å². The quantitative estimate of drug-likeness (QED) is 0.627. The number of hydrogen-bond acceptors (Lipinski definition) is 5. The maximum atomic E-state index is 13.0. The highest BCUT2D eigenvalue weighted by Gasteiger charge is 2.25. The van der Waals surface area contributed by atoms with Crippen molar-refractivity contribution in [2.24, 2.45) is 5.92 Å². The summed E-state index contributed by atoms with van der Waals surface area (Å²) in [6, 6.07) is 5.26. The molecule has 0 spiro atoms. The number of nitrogen functional groups attached to an aromatic ring is 1. The zero-order valence-corrected chi connectivity index (χ0v) is 18.6. The van der Waals surface area contributed by atoms with Crippen LogP contribution >= 0.6 is 11.6 Å². The van der Waals surface area contributed by atoms with E-state index in [9.17, 15) is 14.4 Å². The van der Waals surface area contributed by atoms with Crippen molar-refractivity contribution in [3.05, 3.63) is 49.6 Å². The van der Waals surface area contributed by atoms with Crippen LogP contribution in [0.25, 0.3) is 0 Å². The minimum Gasteiger partial charge on any atom is -0.482 e. The number of rotatable bonds is 9. The topological polar surface area (TPSA) is 110 Å². The Morgan fingerprint density at radius 1 is 1.33 bits per heavy atom. The summed E-state index contributed by atoms with van der Waals surface area (Å²) in [6.45, 7) is 7.95. The number of hydrogen-bond donors (Lipinski definition) is 2. The lowest BCUT2D eigenvalue weighted by molar-refractivity contribution is -0.120. The minimum absolute atomic E-state index is 0.0280. The summed E-state index contributed by atoms with van der Waals surface area (Å²) in [5.74, 6) is -0.0606. The molecular formula is C21H29ClN4O4. The molecule has 0 unspecified atom stereocenters. The summed E-state index contributed by atoms with van der Waals surface area (Å²) in [5, 5.41) is 0.384. The molecule has 2 rings (SSSR count). The highest BCUT2D eigenvalue weighted by molar-refractivity contribution is 6.32. The van der Waals surface area contributed by atoms with Crippen molar-refractivity contribution in [2.45, 2.75) is 47.1 Å². The number of H-pyrrole nitrogens is 1. The normalized spacial score (nSPS) is 11.0. The van der Waals surface area contributed by atoms with Crippen LogP contribution in [0.2, 0.25) is 5.02 Å². The SMILES string of the molecule is CCCCn1c(N)c(N(CC(C)C)C(=O)COc2cc(C)ccc2Cl)c(=O)[nH]c1=O. The molecule has 1 amide bonds. The molecule has 30 heavy (non-hydrogen) atoms. The van der Waals surface area contributed by atoms with Gasteiger partial charge >= 0.3 is 5.69 Å². The van der Waals surface area contributed by atoms with Gasteiger partial charge in [0.25, 0.3) is 11.5 Å². The lowest BCUT2D eigenvalue weighted by Crippen LogP contribution is -2.44. The average Bonchev–Trinajstić information content (AvgIpc) is 2.67. The molecule has 0 radical (unpaired) electrons. The number of nitrogens with two attached hydrogens (primary N) is 1. The van der Waals surface area contributed by atoms with Crippen LogP contribution in [0.15, 0.2) is 27.8 Å². The van der Waals surface area contributed by atoms with Gasteiger partial charge in [0.2, 0.25) is 0 Å².